The van der Waals surface area contributed by atoms with Gasteiger partial charge in [-0.1, -0.05) is 40.5 Å². The van der Waals surface area contributed by atoms with Crippen molar-refractivity contribution in [1.29, 1.82) is 0 Å². The zero-order chi connectivity index (χ0) is 25.1. The zero-order valence-electron chi connectivity index (χ0n) is 19.8. The summed E-state index contributed by atoms with van der Waals surface area (Å²) in [4.78, 5) is 34.4. The molecule has 2 aromatic carbocycles. The molecule has 2 saturated heterocycles. The zero-order valence-corrected chi connectivity index (χ0v) is 21.3. The smallest absolute Gasteiger partial charge is 0.255 e. The van der Waals surface area contributed by atoms with Crippen LogP contribution in [0.4, 0.5) is 5.69 Å². The number of para-hydroxylation sites is 1. The summed E-state index contributed by atoms with van der Waals surface area (Å²) in [5.41, 5.74) is 1.80. The molecule has 8 nitrogen and oxygen atoms in total. The van der Waals surface area contributed by atoms with E-state index in [1.807, 2.05) is 17.0 Å². The lowest BCUT2D eigenvalue weighted by Gasteiger charge is -2.30. The Labute approximate surface area is 219 Å². The highest BCUT2D eigenvalue weighted by molar-refractivity contribution is 6.36. The average molecular weight is 528 g/mol. The molecule has 2 fully saturated rings. The number of anilines is 1. The van der Waals surface area contributed by atoms with E-state index in [4.69, 9.17) is 27.7 Å². The maximum Gasteiger partial charge on any atom is 0.255 e. The van der Waals surface area contributed by atoms with Gasteiger partial charge in [0.25, 0.3) is 5.91 Å². The van der Waals surface area contributed by atoms with Gasteiger partial charge in [-0.2, -0.15) is 4.98 Å². The van der Waals surface area contributed by atoms with Gasteiger partial charge in [-0.15, -0.1) is 0 Å². The van der Waals surface area contributed by atoms with E-state index in [1.165, 1.54) is 0 Å². The van der Waals surface area contributed by atoms with Crippen LogP contribution in [0.3, 0.4) is 0 Å². The van der Waals surface area contributed by atoms with Crippen molar-refractivity contribution in [3.63, 3.8) is 0 Å². The van der Waals surface area contributed by atoms with Crippen molar-refractivity contribution < 1.29 is 14.1 Å². The monoisotopic (exact) mass is 527 g/mol. The predicted molar refractivity (Wildman–Crippen MR) is 138 cm³/mol. The molecule has 2 aliphatic rings. The molecule has 1 aromatic heterocycles. The highest BCUT2D eigenvalue weighted by atomic mass is 35.5. The van der Waals surface area contributed by atoms with E-state index >= 15 is 0 Å². The van der Waals surface area contributed by atoms with Crippen LogP contribution in [0, 0.1) is 5.92 Å². The summed E-state index contributed by atoms with van der Waals surface area (Å²) in [5, 5.41) is 8.07. The Hall–Kier alpha value is -2.94. The Morgan fingerprint density at radius 1 is 1.03 bits per heavy atom. The van der Waals surface area contributed by atoms with Crippen LogP contribution in [0.15, 0.2) is 47.0 Å². The lowest BCUT2D eigenvalue weighted by molar-refractivity contribution is -0.121. The van der Waals surface area contributed by atoms with E-state index in [0.29, 0.717) is 58.0 Å². The molecule has 3 heterocycles. The number of aromatic nitrogens is 2. The maximum atomic E-state index is 13.0. The highest BCUT2D eigenvalue weighted by Gasteiger charge is 2.28. The van der Waals surface area contributed by atoms with Gasteiger partial charge in [-0.05, 0) is 69.1 Å². The minimum Gasteiger partial charge on any atom is -0.339 e. The Morgan fingerprint density at radius 2 is 1.78 bits per heavy atom. The number of amides is 2. The van der Waals surface area contributed by atoms with Gasteiger partial charge in [0.1, 0.15) is 0 Å². The standard InChI is InChI=1S/C26H27Cl2N5O3/c27-18-7-8-19(21(28)15-18)24-30-23(36-31-24)16-32-13-9-17(10-14-32)25(34)29-22-6-2-1-5-20(22)26(35)33-11-3-4-12-33/h1-2,5-8,15,17H,3-4,9-14,16H2,(H,29,34). The molecule has 2 aliphatic heterocycles. The van der Waals surface area contributed by atoms with Crippen LogP contribution >= 0.6 is 23.2 Å². The summed E-state index contributed by atoms with van der Waals surface area (Å²) in [6.45, 7) is 3.50. The topological polar surface area (TPSA) is 91.6 Å². The lowest BCUT2D eigenvalue weighted by Crippen LogP contribution is -2.38. The van der Waals surface area contributed by atoms with E-state index in [2.05, 4.69) is 20.4 Å². The first-order chi connectivity index (χ1) is 17.5. The molecule has 5 rings (SSSR count). The Bertz CT molecular complexity index is 1250. The first-order valence-corrected chi connectivity index (χ1v) is 12.9. The fraction of sp³-hybridized carbons (Fsp3) is 0.385. The third-order valence-corrected chi connectivity index (χ3v) is 7.31. The Morgan fingerprint density at radius 3 is 2.53 bits per heavy atom. The molecule has 0 unspecified atom stereocenters. The van der Waals surface area contributed by atoms with E-state index in [9.17, 15) is 9.59 Å². The van der Waals surface area contributed by atoms with Crippen LogP contribution in [0.25, 0.3) is 11.4 Å². The number of carbonyl (C=O) groups excluding carboxylic acids is 2. The van der Waals surface area contributed by atoms with Crippen LogP contribution in [0.5, 0.6) is 0 Å². The van der Waals surface area contributed by atoms with E-state index in [0.717, 1.165) is 39.0 Å². The SMILES string of the molecule is O=C(Nc1ccccc1C(=O)N1CCCC1)C1CCN(Cc2nc(-c3ccc(Cl)cc3Cl)no2)CC1. The molecule has 1 N–H and O–H groups in total. The highest BCUT2D eigenvalue weighted by Crippen LogP contribution is 2.29. The van der Waals surface area contributed by atoms with Gasteiger partial charge in [-0.25, -0.2) is 0 Å². The fourth-order valence-corrected chi connectivity index (χ4v) is 5.24. The fourth-order valence-electron chi connectivity index (χ4n) is 4.75. The number of carbonyl (C=O) groups is 2. The van der Waals surface area contributed by atoms with Crippen molar-refractivity contribution in [1.82, 2.24) is 19.9 Å². The second kappa shape index (κ2) is 11.0. The van der Waals surface area contributed by atoms with Gasteiger partial charge in [0.2, 0.25) is 17.6 Å². The van der Waals surface area contributed by atoms with Gasteiger partial charge in [0.15, 0.2) is 0 Å². The van der Waals surface area contributed by atoms with Crippen molar-refractivity contribution in [2.75, 3.05) is 31.5 Å². The van der Waals surface area contributed by atoms with Crippen molar-refractivity contribution in [3.05, 3.63) is 64.0 Å². The van der Waals surface area contributed by atoms with E-state index < -0.39 is 0 Å². The van der Waals surface area contributed by atoms with Gasteiger partial charge < -0.3 is 14.7 Å². The van der Waals surface area contributed by atoms with E-state index in [-0.39, 0.29) is 17.7 Å². The molecule has 0 atom stereocenters. The second-order valence-corrected chi connectivity index (χ2v) is 10.1. The third-order valence-electron chi connectivity index (χ3n) is 6.77. The number of nitrogens with zero attached hydrogens (tertiary/aromatic N) is 4. The van der Waals surface area contributed by atoms with Crippen LogP contribution in [-0.2, 0) is 11.3 Å². The van der Waals surface area contributed by atoms with E-state index in [1.54, 1.807) is 30.3 Å². The number of benzene rings is 2. The van der Waals surface area contributed by atoms with Gasteiger partial charge in [0, 0.05) is 29.6 Å². The minimum atomic E-state index is -0.123. The molecule has 36 heavy (non-hydrogen) atoms. The van der Waals surface area contributed by atoms with Crippen molar-refractivity contribution in [3.8, 4) is 11.4 Å². The predicted octanol–water partition coefficient (Wildman–Crippen LogP) is 5.13. The Balaban J connectivity index is 1.16. The number of likely N-dealkylation sites (tertiary alicyclic amines) is 2. The van der Waals surface area contributed by atoms with Crippen LogP contribution in [-0.4, -0.2) is 57.9 Å². The molecule has 0 aliphatic carbocycles. The van der Waals surface area contributed by atoms with Gasteiger partial charge in [0.05, 0.1) is 22.8 Å². The van der Waals surface area contributed by atoms with Crippen molar-refractivity contribution in [2.24, 2.45) is 5.92 Å². The lowest BCUT2D eigenvalue weighted by atomic mass is 9.95. The molecule has 0 bridgehead atoms. The van der Waals surface area contributed by atoms with Crippen LogP contribution < -0.4 is 5.32 Å². The summed E-state index contributed by atoms with van der Waals surface area (Å²) in [7, 11) is 0. The maximum absolute atomic E-state index is 13.0. The van der Waals surface area contributed by atoms with Gasteiger partial charge >= 0.3 is 0 Å². The molecule has 0 saturated carbocycles. The number of hydrogen-bond donors (Lipinski definition) is 1. The summed E-state index contributed by atoms with van der Waals surface area (Å²) in [5.74, 6) is 0.726. The number of nitrogens with one attached hydrogen (secondary N) is 1. The Kier molecular flexibility index (Phi) is 7.55. The number of halogens is 2. The number of hydrogen-bond acceptors (Lipinski definition) is 6. The first-order valence-electron chi connectivity index (χ1n) is 12.2. The minimum absolute atomic E-state index is 0.0166. The molecule has 3 aromatic rings. The largest absolute Gasteiger partial charge is 0.339 e. The van der Waals surface area contributed by atoms with Crippen molar-refractivity contribution >= 4 is 40.7 Å². The normalized spacial score (nSPS) is 16.9. The number of rotatable bonds is 6. The summed E-state index contributed by atoms with van der Waals surface area (Å²) < 4.78 is 5.43. The van der Waals surface area contributed by atoms with Crippen LogP contribution in [0.2, 0.25) is 10.0 Å². The first kappa shape index (κ1) is 24.7. The molecule has 188 valence electrons. The molecule has 10 heteroatoms. The van der Waals surface area contributed by atoms with Crippen LogP contribution in [0.1, 0.15) is 41.9 Å². The summed E-state index contributed by atoms with van der Waals surface area (Å²) in [6, 6.07) is 12.4. The van der Waals surface area contributed by atoms with Crippen molar-refractivity contribution in [2.45, 2.75) is 32.2 Å². The van der Waals surface area contributed by atoms with Gasteiger partial charge in [-0.3, -0.25) is 14.5 Å². The quantitative estimate of drug-likeness (QED) is 0.477. The second-order valence-electron chi connectivity index (χ2n) is 9.22. The molecule has 2 amide bonds. The molecule has 0 radical (unpaired) electrons. The molecular weight excluding hydrogens is 501 g/mol. The summed E-state index contributed by atoms with van der Waals surface area (Å²) in [6.07, 6.45) is 3.47. The average Bonchev–Trinajstić information content (AvgIpc) is 3.57. The molecule has 0 spiro atoms. The molecular formula is C26H27Cl2N5O3. The third kappa shape index (κ3) is 5.56. The number of piperidine rings is 1. The summed E-state index contributed by atoms with van der Waals surface area (Å²) >= 11 is 12.2.